The third-order valence-corrected chi connectivity index (χ3v) is 6.35. The number of carbonyl (C=O) groups is 5. The molecule has 3 atom stereocenters. The molecule has 0 aromatic heterocycles. The van der Waals surface area contributed by atoms with Crippen LogP contribution in [0.25, 0.3) is 0 Å². The van der Waals surface area contributed by atoms with Crippen LogP contribution in [0.1, 0.15) is 107 Å². The van der Waals surface area contributed by atoms with E-state index in [1.807, 2.05) is 0 Å². The lowest BCUT2D eigenvalue weighted by atomic mass is 10.1. The molecule has 11 heteroatoms. The number of amides is 3. The van der Waals surface area contributed by atoms with Crippen LogP contribution in [0.3, 0.4) is 0 Å². The van der Waals surface area contributed by atoms with Crippen LogP contribution in [-0.2, 0) is 33.4 Å². The number of esters is 2. The van der Waals surface area contributed by atoms with Crippen LogP contribution in [0, 0.1) is 0 Å². The van der Waals surface area contributed by atoms with E-state index < -0.39 is 52.8 Å². The monoisotopic (exact) mass is 567 g/mol. The van der Waals surface area contributed by atoms with Crippen LogP contribution in [0.5, 0.6) is 0 Å². The van der Waals surface area contributed by atoms with Crippen LogP contribution in [-0.4, -0.2) is 87.7 Å². The minimum atomic E-state index is -1.09. The van der Waals surface area contributed by atoms with Gasteiger partial charge in [-0.1, -0.05) is 0 Å². The summed E-state index contributed by atoms with van der Waals surface area (Å²) in [6.07, 6.45) is 2.64. The van der Waals surface area contributed by atoms with Gasteiger partial charge in [-0.05, 0) is 101 Å². The second-order valence-corrected chi connectivity index (χ2v) is 13.7. The highest BCUT2D eigenvalue weighted by Gasteiger charge is 2.43. The molecule has 0 unspecified atom stereocenters. The summed E-state index contributed by atoms with van der Waals surface area (Å²) >= 11 is 0. The molecule has 228 valence electrons. The summed E-state index contributed by atoms with van der Waals surface area (Å²) in [6.45, 7) is 15.9. The van der Waals surface area contributed by atoms with Crippen molar-refractivity contribution >= 4 is 29.8 Å². The van der Waals surface area contributed by atoms with E-state index in [1.165, 1.54) is 4.90 Å². The van der Waals surface area contributed by atoms with Crippen LogP contribution in [0.2, 0.25) is 0 Å². The van der Waals surface area contributed by atoms with Crippen molar-refractivity contribution in [1.29, 1.82) is 0 Å². The van der Waals surface area contributed by atoms with E-state index in [4.69, 9.17) is 14.2 Å². The molecule has 0 aliphatic carbocycles. The molecule has 0 spiro atoms. The van der Waals surface area contributed by atoms with Crippen molar-refractivity contribution in [2.24, 2.45) is 0 Å². The Kier molecular flexibility index (Phi) is 11.0. The van der Waals surface area contributed by atoms with E-state index >= 15 is 0 Å². The van der Waals surface area contributed by atoms with Crippen molar-refractivity contribution < 1.29 is 38.2 Å². The van der Waals surface area contributed by atoms with Crippen molar-refractivity contribution in [2.75, 3.05) is 13.1 Å². The molecule has 1 N–H and O–H groups in total. The number of nitrogens with zero attached hydrogens (tertiary/aromatic N) is 2. The molecule has 2 heterocycles. The zero-order chi connectivity index (χ0) is 30.5. The highest BCUT2D eigenvalue weighted by molar-refractivity contribution is 5.92. The highest BCUT2D eigenvalue weighted by atomic mass is 16.6. The minimum absolute atomic E-state index is 0.00785. The summed E-state index contributed by atoms with van der Waals surface area (Å²) < 4.78 is 16.4. The number of carbonyl (C=O) groups excluding carboxylic acids is 5. The minimum Gasteiger partial charge on any atom is -0.460 e. The normalized spacial score (nSPS) is 21.4. The van der Waals surface area contributed by atoms with E-state index in [-0.39, 0.29) is 31.3 Å². The molecule has 2 aliphatic rings. The lowest BCUT2D eigenvalue weighted by Gasteiger charge is -2.32. The third kappa shape index (κ3) is 11.0. The van der Waals surface area contributed by atoms with E-state index in [9.17, 15) is 24.0 Å². The molecule has 0 bridgehead atoms. The van der Waals surface area contributed by atoms with Crippen LogP contribution in [0.4, 0.5) is 4.79 Å². The summed E-state index contributed by atoms with van der Waals surface area (Å²) in [4.78, 5) is 68.1. The fourth-order valence-corrected chi connectivity index (χ4v) is 4.83. The molecule has 40 heavy (non-hydrogen) atoms. The van der Waals surface area contributed by atoms with Gasteiger partial charge >= 0.3 is 18.0 Å². The first-order valence-corrected chi connectivity index (χ1v) is 14.3. The Morgan fingerprint density at radius 1 is 0.850 bits per heavy atom. The Bertz CT molecular complexity index is 944. The molecule has 2 aliphatic heterocycles. The molecule has 3 amide bonds. The van der Waals surface area contributed by atoms with Gasteiger partial charge in [0, 0.05) is 19.0 Å². The fraction of sp³-hybridized carbons (Fsp3) is 0.828. The average molecular weight is 568 g/mol. The predicted octanol–water partition coefficient (Wildman–Crippen LogP) is 3.72. The molecule has 2 fully saturated rings. The zero-order valence-corrected chi connectivity index (χ0v) is 25.8. The first-order valence-electron chi connectivity index (χ1n) is 14.3. The largest absolute Gasteiger partial charge is 0.460 e. The molecule has 0 radical (unpaired) electrons. The number of hydrogen-bond acceptors (Lipinski definition) is 8. The van der Waals surface area contributed by atoms with Gasteiger partial charge in [0.1, 0.15) is 35.4 Å². The van der Waals surface area contributed by atoms with Crippen molar-refractivity contribution in [3.63, 3.8) is 0 Å². The molecule has 0 aromatic carbocycles. The Labute approximate surface area is 238 Å². The lowest BCUT2D eigenvalue weighted by Crippen LogP contribution is -2.55. The molecule has 0 saturated carbocycles. The van der Waals surface area contributed by atoms with E-state index in [0.29, 0.717) is 25.8 Å². The van der Waals surface area contributed by atoms with E-state index in [2.05, 4.69) is 5.32 Å². The maximum Gasteiger partial charge on any atom is 0.410 e. The summed E-state index contributed by atoms with van der Waals surface area (Å²) in [6, 6.07) is -2.03. The standard InChI is InChI=1S/C29H49N3O8/c1-27(2,3)38-23(34)16-14-20(25(36)39-28(4,5)6)30-24(35)21-15-13-19-12-10-11-17-31(18-22(33)32(19)21)26(37)40-29(7,8)9/h19-21H,10-18H2,1-9H3,(H,30,35)/t19-,20-,21-/m0/s1. The summed E-state index contributed by atoms with van der Waals surface area (Å²) in [5, 5.41) is 2.75. The molecule has 2 rings (SSSR count). The van der Waals surface area contributed by atoms with Crippen LogP contribution >= 0.6 is 0 Å². The van der Waals surface area contributed by atoms with Crippen LogP contribution in [0.15, 0.2) is 0 Å². The van der Waals surface area contributed by atoms with Gasteiger partial charge in [-0.25, -0.2) is 9.59 Å². The maximum atomic E-state index is 13.6. The average Bonchev–Trinajstić information content (AvgIpc) is 3.20. The van der Waals surface area contributed by atoms with E-state index in [0.717, 1.165) is 12.8 Å². The summed E-state index contributed by atoms with van der Waals surface area (Å²) in [7, 11) is 0. The quantitative estimate of drug-likeness (QED) is 0.380. The predicted molar refractivity (Wildman–Crippen MR) is 148 cm³/mol. The van der Waals surface area contributed by atoms with Crippen LogP contribution < -0.4 is 5.32 Å². The van der Waals surface area contributed by atoms with Crippen molar-refractivity contribution in [3.8, 4) is 0 Å². The van der Waals surface area contributed by atoms with Gasteiger partial charge < -0.3 is 24.4 Å². The number of hydrogen-bond donors (Lipinski definition) is 1. The van der Waals surface area contributed by atoms with Gasteiger partial charge in [-0.3, -0.25) is 19.3 Å². The molecule has 2 saturated heterocycles. The second kappa shape index (κ2) is 13.2. The summed E-state index contributed by atoms with van der Waals surface area (Å²) in [5.41, 5.74) is -2.18. The molecular weight excluding hydrogens is 518 g/mol. The SMILES string of the molecule is CC(C)(C)OC(=O)CC[C@H](NC(=O)[C@@H]1CC[C@@H]2CCCCN(C(=O)OC(C)(C)C)CC(=O)N21)C(=O)OC(C)(C)C. The lowest BCUT2D eigenvalue weighted by molar-refractivity contribution is -0.160. The topological polar surface area (TPSA) is 132 Å². The maximum absolute atomic E-state index is 13.6. The number of ether oxygens (including phenoxy) is 3. The molecular formula is C29H49N3O8. The van der Waals surface area contributed by atoms with Gasteiger partial charge in [-0.2, -0.15) is 0 Å². The smallest absolute Gasteiger partial charge is 0.410 e. The second-order valence-electron chi connectivity index (χ2n) is 13.7. The molecule has 0 aromatic rings. The van der Waals surface area contributed by atoms with Crippen molar-refractivity contribution in [3.05, 3.63) is 0 Å². The fourth-order valence-electron chi connectivity index (χ4n) is 4.83. The van der Waals surface area contributed by atoms with Gasteiger partial charge in [0.2, 0.25) is 11.8 Å². The Balaban J connectivity index is 2.19. The first-order chi connectivity index (χ1) is 18.3. The zero-order valence-electron chi connectivity index (χ0n) is 25.8. The Hall–Kier alpha value is -2.85. The number of fused-ring (bicyclic) bond motifs is 1. The first kappa shape index (κ1) is 33.4. The van der Waals surface area contributed by atoms with Crippen molar-refractivity contribution in [1.82, 2.24) is 15.1 Å². The van der Waals surface area contributed by atoms with E-state index in [1.54, 1.807) is 67.2 Å². The van der Waals surface area contributed by atoms with Gasteiger partial charge in [0.25, 0.3) is 0 Å². The van der Waals surface area contributed by atoms with Crippen molar-refractivity contribution in [2.45, 2.75) is 142 Å². The Morgan fingerprint density at radius 3 is 2.02 bits per heavy atom. The summed E-state index contributed by atoms with van der Waals surface area (Å²) in [5.74, 6) is -1.98. The number of nitrogens with one attached hydrogen (secondary N) is 1. The Morgan fingerprint density at radius 2 is 1.45 bits per heavy atom. The van der Waals surface area contributed by atoms with Gasteiger partial charge in [0.05, 0.1) is 0 Å². The highest BCUT2D eigenvalue weighted by Crippen LogP contribution is 2.30. The van der Waals surface area contributed by atoms with Gasteiger partial charge in [-0.15, -0.1) is 0 Å². The molecule has 11 nitrogen and oxygen atoms in total. The number of rotatable bonds is 6. The third-order valence-electron chi connectivity index (χ3n) is 6.35. The van der Waals surface area contributed by atoms with Gasteiger partial charge in [0.15, 0.2) is 0 Å².